The molecule has 2 rings (SSSR count). The number of hydrogen-bond acceptors (Lipinski definition) is 4. The monoisotopic (exact) mass is 346 g/mol. The molecule has 7 nitrogen and oxygen atoms in total. The molecule has 0 aliphatic rings. The number of methoxy groups -OCH3 is 1. The van der Waals surface area contributed by atoms with Crippen LogP contribution >= 0.6 is 0 Å². The second kappa shape index (κ2) is 8.62. The van der Waals surface area contributed by atoms with Crippen molar-refractivity contribution in [3.8, 4) is 0 Å². The number of nitrogens with zero attached hydrogens (tertiary/aromatic N) is 3. The topological polar surface area (TPSA) is 76.5 Å². The zero-order chi connectivity index (χ0) is 18.4. The number of fused-ring (bicyclic) bond motifs is 1. The average Bonchev–Trinajstić information content (AvgIpc) is 2.95. The molecular formula is C18H26N4O3. The highest BCUT2D eigenvalue weighted by atomic mass is 16.5. The van der Waals surface area contributed by atoms with Crippen LogP contribution in [0, 0.1) is 0 Å². The number of aromatic nitrogens is 2. The summed E-state index contributed by atoms with van der Waals surface area (Å²) >= 11 is 0. The minimum Gasteiger partial charge on any atom is -0.375 e. The van der Waals surface area contributed by atoms with Gasteiger partial charge in [-0.2, -0.15) is 0 Å². The molecule has 1 aromatic carbocycles. The lowest BCUT2D eigenvalue weighted by atomic mass is 10.3. The van der Waals surface area contributed by atoms with Gasteiger partial charge in [0.1, 0.15) is 19.0 Å². The molecule has 2 aromatic rings. The van der Waals surface area contributed by atoms with Crippen LogP contribution in [0.15, 0.2) is 24.3 Å². The van der Waals surface area contributed by atoms with Gasteiger partial charge >= 0.3 is 0 Å². The van der Waals surface area contributed by atoms with Gasteiger partial charge in [-0.1, -0.05) is 12.1 Å². The van der Waals surface area contributed by atoms with Crippen LogP contribution < -0.4 is 5.32 Å². The number of para-hydroxylation sites is 2. The van der Waals surface area contributed by atoms with Gasteiger partial charge < -0.3 is 19.5 Å². The van der Waals surface area contributed by atoms with Crippen molar-refractivity contribution < 1.29 is 14.3 Å². The highest BCUT2D eigenvalue weighted by molar-refractivity contribution is 5.82. The van der Waals surface area contributed by atoms with Gasteiger partial charge in [0.05, 0.1) is 17.1 Å². The van der Waals surface area contributed by atoms with Crippen LogP contribution in [-0.2, 0) is 20.9 Å². The van der Waals surface area contributed by atoms with Gasteiger partial charge in [0.25, 0.3) is 0 Å². The summed E-state index contributed by atoms with van der Waals surface area (Å²) in [6, 6.07) is 7.33. The number of nitrogens with one attached hydrogen (secondary N) is 1. The molecule has 0 aliphatic heterocycles. The molecule has 0 saturated heterocycles. The summed E-state index contributed by atoms with van der Waals surface area (Å²) in [4.78, 5) is 30.8. The minimum absolute atomic E-state index is 0.0110. The van der Waals surface area contributed by atoms with Crippen molar-refractivity contribution in [2.75, 3.05) is 26.8 Å². The van der Waals surface area contributed by atoms with Crippen LogP contribution in [-0.4, -0.2) is 53.1 Å². The SMILES string of the molecule is CCN(CC)C(=O)Cn1c(C(C)NC(=O)COC)nc2ccccc21. The fraction of sp³-hybridized carbons (Fsp3) is 0.500. The Kier molecular flexibility index (Phi) is 6.52. The highest BCUT2D eigenvalue weighted by Gasteiger charge is 2.21. The Balaban J connectivity index is 2.35. The first-order valence-electron chi connectivity index (χ1n) is 8.53. The predicted molar refractivity (Wildman–Crippen MR) is 96.1 cm³/mol. The first kappa shape index (κ1) is 18.9. The highest BCUT2D eigenvalue weighted by Crippen LogP contribution is 2.21. The quantitative estimate of drug-likeness (QED) is 0.790. The summed E-state index contributed by atoms with van der Waals surface area (Å²) in [7, 11) is 1.47. The molecule has 7 heteroatoms. The van der Waals surface area contributed by atoms with E-state index < -0.39 is 0 Å². The van der Waals surface area contributed by atoms with Crippen molar-refractivity contribution in [2.24, 2.45) is 0 Å². The van der Waals surface area contributed by atoms with Crippen LogP contribution in [0.4, 0.5) is 0 Å². The van der Waals surface area contributed by atoms with Crippen molar-refractivity contribution >= 4 is 22.8 Å². The van der Waals surface area contributed by atoms with Gasteiger partial charge in [-0.25, -0.2) is 4.98 Å². The Bertz CT molecular complexity index is 737. The number of carbonyl (C=O) groups excluding carboxylic acids is 2. The molecule has 0 radical (unpaired) electrons. The number of ether oxygens (including phenoxy) is 1. The van der Waals surface area contributed by atoms with E-state index in [-0.39, 0.29) is 31.0 Å². The van der Waals surface area contributed by atoms with E-state index in [2.05, 4.69) is 10.3 Å². The molecule has 0 bridgehead atoms. The van der Waals surface area contributed by atoms with Crippen molar-refractivity contribution in [1.82, 2.24) is 19.8 Å². The molecule has 0 saturated carbocycles. The molecule has 0 spiro atoms. The third-order valence-electron chi connectivity index (χ3n) is 4.13. The fourth-order valence-corrected chi connectivity index (χ4v) is 2.88. The number of amides is 2. The van der Waals surface area contributed by atoms with Crippen LogP contribution in [0.5, 0.6) is 0 Å². The number of benzene rings is 1. The van der Waals surface area contributed by atoms with Gasteiger partial charge in [0.2, 0.25) is 11.8 Å². The predicted octanol–water partition coefficient (Wildman–Crippen LogP) is 1.73. The molecule has 1 unspecified atom stereocenters. The van der Waals surface area contributed by atoms with E-state index in [1.54, 1.807) is 4.90 Å². The second-order valence-corrected chi connectivity index (χ2v) is 5.83. The molecule has 2 amide bonds. The van der Waals surface area contributed by atoms with Crippen LogP contribution in [0.2, 0.25) is 0 Å². The number of likely N-dealkylation sites (N-methyl/N-ethyl adjacent to an activating group) is 1. The van der Waals surface area contributed by atoms with Crippen molar-refractivity contribution in [3.05, 3.63) is 30.1 Å². The van der Waals surface area contributed by atoms with Crippen LogP contribution in [0.3, 0.4) is 0 Å². The third kappa shape index (κ3) is 4.36. The van der Waals surface area contributed by atoms with E-state index in [1.807, 2.05) is 49.6 Å². The maximum atomic E-state index is 12.6. The largest absolute Gasteiger partial charge is 0.375 e. The van der Waals surface area contributed by atoms with Gasteiger partial charge in [0.15, 0.2) is 0 Å². The van der Waals surface area contributed by atoms with Crippen LogP contribution in [0.1, 0.15) is 32.6 Å². The standard InChI is InChI=1S/C18H26N4O3/c1-5-21(6-2)17(24)11-22-15-10-8-7-9-14(15)20-18(22)13(3)19-16(23)12-25-4/h7-10,13H,5-6,11-12H2,1-4H3,(H,19,23). The van der Waals surface area contributed by atoms with E-state index >= 15 is 0 Å². The van der Waals surface area contributed by atoms with E-state index in [1.165, 1.54) is 7.11 Å². The fourth-order valence-electron chi connectivity index (χ4n) is 2.88. The van der Waals surface area contributed by atoms with E-state index in [4.69, 9.17) is 4.74 Å². The molecule has 0 aliphatic carbocycles. The molecule has 1 aromatic heterocycles. The number of carbonyl (C=O) groups is 2. The normalized spacial score (nSPS) is 12.2. The van der Waals surface area contributed by atoms with Gasteiger partial charge in [-0.05, 0) is 32.9 Å². The summed E-state index contributed by atoms with van der Waals surface area (Å²) in [6.45, 7) is 7.29. The molecule has 1 atom stereocenters. The molecule has 0 fully saturated rings. The Morgan fingerprint density at radius 3 is 2.60 bits per heavy atom. The smallest absolute Gasteiger partial charge is 0.246 e. The Morgan fingerprint density at radius 2 is 1.96 bits per heavy atom. The molecule has 1 heterocycles. The van der Waals surface area contributed by atoms with Gasteiger partial charge in [-0.15, -0.1) is 0 Å². The Morgan fingerprint density at radius 1 is 1.28 bits per heavy atom. The first-order chi connectivity index (χ1) is 12.0. The second-order valence-electron chi connectivity index (χ2n) is 5.83. The van der Waals surface area contributed by atoms with E-state index in [9.17, 15) is 9.59 Å². The molecule has 25 heavy (non-hydrogen) atoms. The summed E-state index contributed by atoms with van der Waals surface area (Å²) in [5, 5.41) is 2.86. The third-order valence-corrected chi connectivity index (χ3v) is 4.13. The van der Waals surface area contributed by atoms with Crippen molar-refractivity contribution in [3.63, 3.8) is 0 Å². The summed E-state index contributed by atoms with van der Waals surface area (Å²) in [6.07, 6.45) is 0. The van der Waals surface area contributed by atoms with Crippen molar-refractivity contribution in [1.29, 1.82) is 0 Å². The number of rotatable bonds is 8. The van der Waals surface area contributed by atoms with Crippen LogP contribution in [0.25, 0.3) is 11.0 Å². The number of imidazole rings is 1. The zero-order valence-electron chi connectivity index (χ0n) is 15.3. The molecule has 1 N–H and O–H groups in total. The summed E-state index contributed by atoms with van der Waals surface area (Å²) in [5.41, 5.74) is 1.68. The lowest BCUT2D eigenvalue weighted by Gasteiger charge is -2.21. The van der Waals surface area contributed by atoms with E-state index in [0.717, 1.165) is 11.0 Å². The summed E-state index contributed by atoms with van der Waals surface area (Å²) in [5.74, 6) is 0.472. The average molecular weight is 346 g/mol. The maximum Gasteiger partial charge on any atom is 0.246 e. The zero-order valence-corrected chi connectivity index (χ0v) is 15.3. The maximum absolute atomic E-state index is 12.6. The first-order valence-corrected chi connectivity index (χ1v) is 8.53. The lowest BCUT2D eigenvalue weighted by Crippen LogP contribution is -2.35. The van der Waals surface area contributed by atoms with Gasteiger partial charge in [-0.3, -0.25) is 9.59 Å². The lowest BCUT2D eigenvalue weighted by molar-refractivity contribution is -0.131. The number of hydrogen-bond donors (Lipinski definition) is 1. The Labute approximate surface area is 148 Å². The van der Waals surface area contributed by atoms with E-state index in [0.29, 0.717) is 18.9 Å². The minimum atomic E-state index is -0.334. The summed E-state index contributed by atoms with van der Waals surface area (Å²) < 4.78 is 6.74. The Hall–Kier alpha value is -2.41. The molecule has 136 valence electrons. The molecular weight excluding hydrogens is 320 g/mol. The van der Waals surface area contributed by atoms with Gasteiger partial charge in [0, 0.05) is 20.2 Å². The van der Waals surface area contributed by atoms with Crippen molar-refractivity contribution in [2.45, 2.75) is 33.4 Å².